The van der Waals surface area contributed by atoms with Crippen LogP contribution < -0.4 is 10.5 Å². The van der Waals surface area contributed by atoms with Crippen LogP contribution in [0.25, 0.3) is 0 Å². The average Bonchev–Trinajstić information content (AvgIpc) is 2.24. The van der Waals surface area contributed by atoms with Crippen molar-refractivity contribution in [3.8, 4) is 0 Å². The summed E-state index contributed by atoms with van der Waals surface area (Å²) in [6.45, 7) is 2.98. The molecule has 0 fully saturated rings. The Morgan fingerprint density at radius 3 is 2.59 bits per heavy atom. The number of nitrogens with one attached hydrogen (secondary N) is 1. The molecule has 0 heterocycles. The van der Waals surface area contributed by atoms with Crippen molar-refractivity contribution in [3.63, 3.8) is 0 Å². The quantitative estimate of drug-likeness (QED) is 0.713. The predicted octanol–water partition coefficient (Wildman–Crippen LogP) is 0.890. The maximum absolute atomic E-state index is 11.9. The molecule has 1 rings (SSSR count). The standard InChI is InChI=1S/C10H15ClN2O3S/c1-6(5-14)13-17(15,16)8-3-9(11)7(2)10(12)4-8/h3-4,6,13-14H,5,12H2,1-2H3/t6-/m0/s1. The lowest BCUT2D eigenvalue weighted by Gasteiger charge is -2.13. The summed E-state index contributed by atoms with van der Waals surface area (Å²) < 4.78 is 26.1. The highest BCUT2D eigenvalue weighted by atomic mass is 35.5. The van der Waals surface area contributed by atoms with Crippen LogP contribution in [0.3, 0.4) is 0 Å². The number of benzene rings is 1. The van der Waals surface area contributed by atoms with E-state index in [1.54, 1.807) is 13.8 Å². The van der Waals surface area contributed by atoms with Crippen LogP contribution in [0.2, 0.25) is 5.02 Å². The molecule has 0 unspecified atom stereocenters. The molecule has 0 aliphatic heterocycles. The maximum Gasteiger partial charge on any atom is 0.241 e. The van der Waals surface area contributed by atoms with Gasteiger partial charge in [-0.05, 0) is 31.5 Å². The topological polar surface area (TPSA) is 92.4 Å². The van der Waals surface area contributed by atoms with Crippen molar-refractivity contribution in [2.45, 2.75) is 24.8 Å². The van der Waals surface area contributed by atoms with E-state index < -0.39 is 16.1 Å². The predicted molar refractivity (Wildman–Crippen MR) is 67.5 cm³/mol. The molecule has 0 saturated carbocycles. The Labute approximate surface area is 106 Å². The van der Waals surface area contributed by atoms with E-state index in [1.165, 1.54) is 12.1 Å². The SMILES string of the molecule is Cc1c(N)cc(S(=O)(=O)N[C@@H](C)CO)cc1Cl. The molecule has 0 bridgehead atoms. The molecule has 0 radical (unpaired) electrons. The maximum atomic E-state index is 11.9. The van der Waals surface area contributed by atoms with Crippen molar-refractivity contribution < 1.29 is 13.5 Å². The molecule has 1 aromatic rings. The Kier molecular flexibility index (Phi) is 4.37. The Bertz CT molecular complexity index is 493. The largest absolute Gasteiger partial charge is 0.398 e. The van der Waals surface area contributed by atoms with Crippen LogP contribution in [0.1, 0.15) is 12.5 Å². The molecule has 0 aliphatic carbocycles. The summed E-state index contributed by atoms with van der Waals surface area (Å²) in [5, 5.41) is 9.11. The fraction of sp³-hybridized carbons (Fsp3) is 0.400. The minimum absolute atomic E-state index is 0.00843. The lowest BCUT2D eigenvalue weighted by atomic mass is 10.2. The Morgan fingerprint density at radius 2 is 2.12 bits per heavy atom. The number of aliphatic hydroxyl groups is 1. The second-order valence-electron chi connectivity index (χ2n) is 3.82. The summed E-state index contributed by atoms with van der Waals surface area (Å²) in [5.74, 6) is 0. The van der Waals surface area contributed by atoms with E-state index in [0.717, 1.165) is 0 Å². The van der Waals surface area contributed by atoms with E-state index in [4.69, 9.17) is 22.4 Å². The van der Waals surface area contributed by atoms with Gasteiger partial charge < -0.3 is 10.8 Å². The van der Waals surface area contributed by atoms with Gasteiger partial charge in [0.05, 0.1) is 11.5 Å². The van der Waals surface area contributed by atoms with Gasteiger partial charge in [0.25, 0.3) is 0 Å². The smallest absolute Gasteiger partial charge is 0.241 e. The number of anilines is 1. The van der Waals surface area contributed by atoms with Gasteiger partial charge >= 0.3 is 0 Å². The van der Waals surface area contributed by atoms with Crippen molar-refractivity contribution in [2.75, 3.05) is 12.3 Å². The molecule has 0 aromatic heterocycles. The number of sulfonamides is 1. The summed E-state index contributed by atoms with van der Waals surface area (Å²) in [6.07, 6.45) is 0. The van der Waals surface area contributed by atoms with Crippen LogP contribution in [0.5, 0.6) is 0 Å². The van der Waals surface area contributed by atoms with Crippen molar-refractivity contribution >= 4 is 27.3 Å². The molecule has 1 aromatic carbocycles. The van der Waals surface area contributed by atoms with E-state index in [0.29, 0.717) is 16.3 Å². The summed E-state index contributed by atoms with van der Waals surface area (Å²) in [4.78, 5) is -0.00843. The third-order valence-corrected chi connectivity index (χ3v) is 4.26. The zero-order valence-corrected chi connectivity index (χ0v) is 11.1. The molecule has 96 valence electrons. The lowest BCUT2D eigenvalue weighted by molar-refractivity contribution is 0.265. The van der Waals surface area contributed by atoms with Crippen LogP contribution in [0, 0.1) is 6.92 Å². The van der Waals surface area contributed by atoms with Gasteiger partial charge in [0.1, 0.15) is 0 Å². The van der Waals surface area contributed by atoms with Crippen molar-refractivity contribution in [2.24, 2.45) is 0 Å². The lowest BCUT2D eigenvalue weighted by Crippen LogP contribution is -2.35. The van der Waals surface area contributed by atoms with E-state index in [-0.39, 0.29) is 11.5 Å². The highest BCUT2D eigenvalue weighted by molar-refractivity contribution is 7.89. The third kappa shape index (κ3) is 3.32. The molecule has 0 spiro atoms. The normalized spacial score (nSPS) is 13.6. The number of hydrogen-bond donors (Lipinski definition) is 3. The molecule has 17 heavy (non-hydrogen) atoms. The number of nitrogen functional groups attached to an aromatic ring is 1. The van der Waals surface area contributed by atoms with Crippen LogP contribution in [-0.2, 0) is 10.0 Å². The number of halogens is 1. The first kappa shape index (κ1) is 14.2. The second-order valence-corrected chi connectivity index (χ2v) is 5.95. The van der Waals surface area contributed by atoms with Gasteiger partial charge in [-0.2, -0.15) is 0 Å². The second kappa shape index (κ2) is 5.22. The minimum Gasteiger partial charge on any atom is -0.398 e. The molecular weight excluding hydrogens is 264 g/mol. The Morgan fingerprint density at radius 1 is 1.53 bits per heavy atom. The number of nitrogens with two attached hydrogens (primary N) is 1. The Hall–Kier alpha value is -0.820. The van der Waals surface area contributed by atoms with Gasteiger partial charge in [-0.15, -0.1) is 0 Å². The van der Waals surface area contributed by atoms with E-state index in [2.05, 4.69) is 4.72 Å². The van der Waals surface area contributed by atoms with Crippen molar-refractivity contribution in [1.29, 1.82) is 0 Å². The van der Waals surface area contributed by atoms with Crippen LogP contribution in [0.4, 0.5) is 5.69 Å². The average molecular weight is 279 g/mol. The summed E-state index contributed by atoms with van der Waals surface area (Å²) >= 11 is 5.87. The van der Waals surface area contributed by atoms with Crippen LogP contribution >= 0.6 is 11.6 Å². The van der Waals surface area contributed by atoms with E-state index >= 15 is 0 Å². The number of aliphatic hydroxyl groups excluding tert-OH is 1. The first-order valence-corrected chi connectivity index (χ1v) is 6.83. The zero-order valence-electron chi connectivity index (χ0n) is 9.57. The van der Waals surface area contributed by atoms with Gasteiger partial charge in [-0.25, -0.2) is 13.1 Å². The third-order valence-electron chi connectivity index (χ3n) is 2.30. The molecule has 4 N–H and O–H groups in total. The van der Waals surface area contributed by atoms with E-state index in [1.807, 2.05) is 0 Å². The van der Waals surface area contributed by atoms with Gasteiger partial charge in [-0.3, -0.25) is 0 Å². The highest BCUT2D eigenvalue weighted by Crippen LogP contribution is 2.25. The summed E-state index contributed by atoms with van der Waals surface area (Å²) in [6, 6.07) is 2.11. The molecule has 0 amide bonds. The summed E-state index contributed by atoms with van der Waals surface area (Å²) in [5.41, 5.74) is 6.61. The Balaban J connectivity index is 3.16. The van der Waals surface area contributed by atoms with Crippen molar-refractivity contribution in [1.82, 2.24) is 4.72 Å². The summed E-state index contributed by atoms with van der Waals surface area (Å²) in [7, 11) is -3.71. The molecule has 5 nitrogen and oxygen atoms in total. The fourth-order valence-corrected chi connectivity index (χ4v) is 2.79. The first-order valence-electron chi connectivity index (χ1n) is 4.96. The van der Waals surface area contributed by atoms with E-state index in [9.17, 15) is 8.42 Å². The monoisotopic (exact) mass is 278 g/mol. The highest BCUT2D eigenvalue weighted by Gasteiger charge is 2.18. The van der Waals surface area contributed by atoms with Gasteiger partial charge in [-0.1, -0.05) is 11.6 Å². The minimum atomic E-state index is -3.71. The van der Waals surface area contributed by atoms with Gasteiger partial charge in [0.2, 0.25) is 10.0 Å². The van der Waals surface area contributed by atoms with Crippen LogP contribution in [-0.4, -0.2) is 26.2 Å². The number of hydrogen-bond acceptors (Lipinski definition) is 4. The van der Waals surface area contributed by atoms with Crippen molar-refractivity contribution in [3.05, 3.63) is 22.7 Å². The number of rotatable bonds is 4. The molecule has 0 saturated heterocycles. The fourth-order valence-electron chi connectivity index (χ4n) is 1.20. The molecular formula is C10H15ClN2O3S. The molecule has 1 atom stereocenters. The molecule has 0 aliphatic rings. The van der Waals surface area contributed by atoms with Crippen LogP contribution in [0.15, 0.2) is 17.0 Å². The first-order chi connectivity index (χ1) is 7.77. The molecule has 7 heteroatoms. The van der Waals surface area contributed by atoms with Gasteiger partial charge in [0, 0.05) is 16.8 Å². The zero-order chi connectivity index (χ0) is 13.2. The van der Waals surface area contributed by atoms with Gasteiger partial charge in [0.15, 0.2) is 0 Å².